The molecule has 0 unspecified atom stereocenters. The van der Waals surface area contributed by atoms with Gasteiger partial charge in [0.05, 0.1) is 8.07 Å². The van der Waals surface area contributed by atoms with Gasteiger partial charge in [-0.25, -0.2) is 0 Å². The smallest absolute Gasteiger partial charge is 0.0784 e. The maximum atomic E-state index is 4.89. The van der Waals surface area contributed by atoms with Crippen molar-refractivity contribution in [1.29, 1.82) is 0 Å². The molecule has 0 heterocycles. The molecule has 0 atom stereocenters. The maximum absolute atomic E-state index is 4.89. The van der Waals surface area contributed by atoms with Gasteiger partial charge in [0.1, 0.15) is 0 Å². The Morgan fingerprint density at radius 3 is 1.50 bits per heavy atom. The molecule has 0 radical (unpaired) electrons. The highest BCUT2D eigenvalue weighted by molar-refractivity contribution is 7.93. The van der Waals surface area contributed by atoms with Crippen molar-refractivity contribution in [1.82, 2.24) is 0 Å². The first-order chi connectivity index (χ1) is 11.4. The maximum Gasteiger partial charge on any atom is 0.0784 e. The van der Waals surface area contributed by atoms with Crippen LogP contribution in [0, 0.1) is 0 Å². The Labute approximate surface area is 147 Å². The number of hydrogen-bond donors (Lipinski definition) is 0. The molecule has 122 valence electrons. The number of rotatable bonds is 4. The second-order valence-electron chi connectivity index (χ2n) is 7.25. The quantitative estimate of drug-likeness (QED) is 0.495. The average molecular weight is 349 g/mol. The predicted molar refractivity (Wildman–Crippen MR) is 115 cm³/mol. The van der Waals surface area contributed by atoms with Crippen LogP contribution in [0.4, 0.5) is 0 Å². The summed E-state index contributed by atoms with van der Waals surface area (Å²) >= 11 is 0. The van der Waals surface area contributed by atoms with Crippen molar-refractivity contribution in [2.75, 3.05) is 0 Å². The molecule has 0 saturated carbocycles. The Hall–Kier alpha value is -1.82. The third-order valence-corrected chi connectivity index (χ3v) is 10.4. The Kier molecular flexibility index (Phi) is 4.67. The van der Waals surface area contributed by atoms with Gasteiger partial charge in [-0.1, -0.05) is 116 Å². The minimum absolute atomic E-state index is 1.35. The van der Waals surface area contributed by atoms with Crippen LogP contribution in [0.15, 0.2) is 84.9 Å². The fourth-order valence-corrected chi connectivity index (χ4v) is 9.30. The van der Waals surface area contributed by atoms with E-state index in [-0.39, 0.29) is 0 Å². The molecule has 2 heteroatoms. The predicted octanol–water partition coefficient (Wildman–Crippen LogP) is 3.96. The molecule has 0 bridgehead atoms. The van der Waals surface area contributed by atoms with Gasteiger partial charge in [-0.15, -0.1) is 0 Å². The van der Waals surface area contributed by atoms with Crippen molar-refractivity contribution in [3.05, 3.63) is 84.9 Å². The largest absolute Gasteiger partial charge is 0.0887 e. The molecular weight excluding hydrogens is 323 g/mol. The Morgan fingerprint density at radius 2 is 1.04 bits per heavy atom. The molecule has 0 aliphatic rings. The van der Waals surface area contributed by atoms with E-state index in [1.807, 2.05) is 0 Å². The van der Waals surface area contributed by atoms with E-state index < -0.39 is 15.0 Å². The average Bonchev–Trinajstić information content (AvgIpc) is 2.62. The van der Waals surface area contributed by atoms with E-state index >= 15 is 0 Å². The van der Waals surface area contributed by atoms with Crippen molar-refractivity contribution in [2.24, 2.45) is 0 Å². The van der Waals surface area contributed by atoms with Crippen molar-refractivity contribution in [3.63, 3.8) is 0 Å². The van der Waals surface area contributed by atoms with Crippen LogP contribution in [0.25, 0.3) is 0 Å². The molecule has 0 saturated heterocycles. The third kappa shape index (κ3) is 3.07. The molecule has 3 rings (SSSR count). The summed E-state index contributed by atoms with van der Waals surface area (Å²) in [4.78, 5) is 0. The molecule has 3 aromatic carbocycles. The van der Waals surface area contributed by atoms with E-state index in [0.717, 1.165) is 0 Å². The monoisotopic (exact) mass is 348 g/mol. The van der Waals surface area contributed by atoms with Crippen LogP contribution in [0.2, 0.25) is 19.6 Å². The van der Waals surface area contributed by atoms with Gasteiger partial charge >= 0.3 is 0 Å². The summed E-state index contributed by atoms with van der Waals surface area (Å²) in [7, 11) is -1.47. The van der Waals surface area contributed by atoms with Crippen LogP contribution in [0.5, 0.6) is 0 Å². The molecule has 0 nitrogen and oxygen atoms in total. The van der Waals surface area contributed by atoms with Crippen LogP contribution in [0.3, 0.4) is 0 Å². The lowest BCUT2D eigenvalue weighted by Crippen LogP contribution is -2.48. The second-order valence-corrected chi connectivity index (χ2v) is 15.4. The number of hydrogen-bond acceptors (Lipinski definition) is 0. The molecular formula is C22H25PSi. The summed E-state index contributed by atoms with van der Waals surface area (Å²) in [6.45, 7) is 5.39. The standard InChI is InChI=1S/C22H25PSi/c1-23(19-13-7-5-8-14-19,20-15-9-6-10-16-20)21-17-11-12-18-22(21)24(2,3)4/h5-18H,1H2,2-4H3. The molecule has 0 aromatic heterocycles. The summed E-state index contributed by atoms with van der Waals surface area (Å²) in [6.07, 6.45) is 4.89. The van der Waals surface area contributed by atoms with Gasteiger partial charge in [0.25, 0.3) is 0 Å². The van der Waals surface area contributed by atoms with Gasteiger partial charge in [0.15, 0.2) is 0 Å². The summed E-state index contributed by atoms with van der Waals surface area (Å²) in [5, 5.41) is 5.67. The first-order valence-electron chi connectivity index (χ1n) is 8.39. The highest BCUT2D eigenvalue weighted by Crippen LogP contribution is 2.41. The van der Waals surface area contributed by atoms with Crippen molar-refractivity contribution in [3.8, 4) is 0 Å². The minimum Gasteiger partial charge on any atom is -0.0887 e. The van der Waals surface area contributed by atoms with Gasteiger partial charge in [-0.05, 0) is 22.8 Å². The fourth-order valence-electron chi connectivity index (χ4n) is 3.23. The summed E-state index contributed by atoms with van der Waals surface area (Å²) < 4.78 is 0. The molecule has 24 heavy (non-hydrogen) atoms. The summed E-state index contributed by atoms with van der Waals surface area (Å²) in [5.41, 5.74) is 0. The molecule has 0 N–H and O–H groups in total. The highest BCUT2D eigenvalue weighted by Gasteiger charge is 2.29. The van der Waals surface area contributed by atoms with E-state index in [1.54, 1.807) is 0 Å². The van der Waals surface area contributed by atoms with Gasteiger partial charge in [-0.2, -0.15) is 0 Å². The van der Waals surface area contributed by atoms with Crippen molar-refractivity contribution < 1.29 is 0 Å². The summed E-state index contributed by atoms with van der Waals surface area (Å²) in [6, 6.07) is 30.7. The lowest BCUT2D eigenvalue weighted by atomic mass is 10.3. The van der Waals surface area contributed by atoms with Crippen LogP contribution >= 0.6 is 6.89 Å². The molecule has 3 aromatic rings. The zero-order valence-corrected chi connectivity index (χ0v) is 16.6. The Morgan fingerprint density at radius 1 is 0.625 bits per heavy atom. The molecule has 0 aliphatic heterocycles. The first kappa shape index (κ1) is 17.0. The molecule has 0 spiro atoms. The summed E-state index contributed by atoms with van der Waals surface area (Å²) in [5.74, 6) is 0. The van der Waals surface area contributed by atoms with E-state index in [2.05, 4.69) is 105 Å². The van der Waals surface area contributed by atoms with E-state index in [1.165, 1.54) is 21.1 Å². The topological polar surface area (TPSA) is 0 Å². The lowest BCUT2D eigenvalue weighted by Gasteiger charge is -2.32. The van der Waals surface area contributed by atoms with Crippen molar-refractivity contribution in [2.45, 2.75) is 19.6 Å². The van der Waals surface area contributed by atoms with Crippen LogP contribution in [-0.4, -0.2) is 14.4 Å². The van der Waals surface area contributed by atoms with Gasteiger partial charge in [0.2, 0.25) is 0 Å². The van der Waals surface area contributed by atoms with Crippen LogP contribution in [-0.2, 0) is 0 Å². The van der Waals surface area contributed by atoms with Crippen LogP contribution in [0.1, 0.15) is 0 Å². The van der Waals surface area contributed by atoms with Crippen molar-refractivity contribution >= 4 is 42.4 Å². The fraction of sp³-hybridized carbons (Fsp3) is 0.136. The van der Waals surface area contributed by atoms with Crippen LogP contribution < -0.4 is 21.1 Å². The lowest BCUT2D eigenvalue weighted by molar-refractivity contribution is 1.70. The SMILES string of the molecule is C=P(c1ccccc1)(c1ccccc1)c1ccccc1[Si](C)(C)C. The van der Waals surface area contributed by atoms with Gasteiger partial charge in [0, 0.05) is 0 Å². The molecule has 0 aliphatic carbocycles. The number of benzene rings is 3. The van der Waals surface area contributed by atoms with E-state index in [9.17, 15) is 0 Å². The van der Waals surface area contributed by atoms with Gasteiger partial charge in [-0.3, -0.25) is 0 Å². The first-order valence-corrected chi connectivity index (χ1v) is 13.9. The zero-order valence-electron chi connectivity index (χ0n) is 14.7. The molecule has 0 amide bonds. The van der Waals surface area contributed by atoms with E-state index in [0.29, 0.717) is 0 Å². The zero-order chi connectivity index (χ0) is 17.2. The normalized spacial score (nSPS) is 12.1. The minimum atomic E-state index is -1.88. The Bertz CT molecular complexity index is 818. The second kappa shape index (κ2) is 6.59. The van der Waals surface area contributed by atoms with Gasteiger partial charge < -0.3 is 0 Å². The third-order valence-electron chi connectivity index (χ3n) is 4.52. The highest BCUT2D eigenvalue weighted by atomic mass is 31.2. The van der Waals surface area contributed by atoms with E-state index in [4.69, 9.17) is 6.30 Å². The molecule has 0 fully saturated rings. The Balaban J connectivity index is 2.36.